The summed E-state index contributed by atoms with van der Waals surface area (Å²) in [6.45, 7) is 0. The molecule has 2 fully saturated rings. The van der Waals surface area contributed by atoms with Gasteiger partial charge >= 0.3 is 0 Å². The van der Waals surface area contributed by atoms with E-state index in [0.717, 1.165) is 36.6 Å². The monoisotopic (exact) mass is 405 g/mol. The number of carbonyl (C=O) groups is 1. The maximum absolute atomic E-state index is 13.8. The first-order valence-corrected chi connectivity index (χ1v) is 10.9. The Labute approximate surface area is 177 Å². The topological polar surface area (TPSA) is 68.0 Å². The van der Waals surface area contributed by atoms with Crippen molar-refractivity contribution in [2.75, 3.05) is 0 Å². The van der Waals surface area contributed by atoms with Crippen LogP contribution in [-0.2, 0) is 6.42 Å². The second-order valence-corrected chi connectivity index (χ2v) is 8.63. The molecule has 2 aliphatic carbocycles. The highest BCUT2D eigenvalue weighted by Gasteiger charge is 2.37. The predicted octanol–water partition coefficient (Wildman–Crippen LogP) is 4.11. The Kier molecular flexibility index (Phi) is 6.15. The average molecular weight is 406 g/mol. The van der Waals surface area contributed by atoms with E-state index in [1.165, 1.54) is 44.7 Å². The molecule has 4 nitrogen and oxygen atoms in total. The molecule has 1 amide bonds. The van der Waals surface area contributed by atoms with Gasteiger partial charge in [-0.1, -0.05) is 37.5 Å². The van der Waals surface area contributed by atoms with Crippen LogP contribution >= 0.6 is 0 Å². The lowest BCUT2D eigenvalue weighted by atomic mass is 9.81. The van der Waals surface area contributed by atoms with Gasteiger partial charge in [0, 0.05) is 28.9 Å². The van der Waals surface area contributed by atoms with Crippen LogP contribution in [0.15, 0.2) is 36.7 Å². The number of primary amides is 1. The molecule has 4 rings (SSSR count). The molecule has 0 unspecified atom stereocenters. The zero-order valence-corrected chi connectivity index (χ0v) is 17.2. The third-order valence-corrected chi connectivity index (χ3v) is 6.16. The zero-order chi connectivity index (χ0) is 21.0. The first-order chi connectivity index (χ1) is 14.5. The highest BCUT2D eigenvalue weighted by molar-refractivity contribution is 5.94. The molecule has 0 radical (unpaired) electrons. The number of nitrogens with zero attached hydrogens (tertiary/aromatic N) is 1. The summed E-state index contributed by atoms with van der Waals surface area (Å²) in [4.78, 5) is 15.9. The smallest absolute Gasteiger partial charge is 0.248 e. The molecule has 0 bridgehead atoms. The van der Waals surface area contributed by atoms with Gasteiger partial charge < -0.3 is 11.1 Å². The molecule has 2 saturated carbocycles. The highest BCUT2D eigenvalue weighted by Crippen LogP contribution is 2.35. The molecule has 3 N–H and O–H groups in total. The Morgan fingerprint density at radius 2 is 1.93 bits per heavy atom. The number of benzene rings is 1. The Hall–Kier alpha value is -2.71. The van der Waals surface area contributed by atoms with E-state index in [1.54, 1.807) is 18.2 Å². The van der Waals surface area contributed by atoms with Crippen LogP contribution in [0.4, 0.5) is 4.39 Å². The van der Waals surface area contributed by atoms with Gasteiger partial charge in [-0.25, -0.2) is 4.39 Å². The minimum Gasteiger partial charge on any atom is -0.366 e. The van der Waals surface area contributed by atoms with Gasteiger partial charge in [0.2, 0.25) is 5.91 Å². The van der Waals surface area contributed by atoms with E-state index in [0.29, 0.717) is 17.2 Å². The lowest BCUT2D eigenvalue weighted by Gasteiger charge is -2.35. The molecule has 156 valence electrons. The Morgan fingerprint density at radius 3 is 2.60 bits per heavy atom. The largest absolute Gasteiger partial charge is 0.366 e. The van der Waals surface area contributed by atoms with Gasteiger partial charge in [-0.2, -0.15) is 0 Å². The van der Waals surface area contributed by atoms with E-state index in [1.807, 2.05) is 6.07 Å². The second kappa shape index (κ2) is 8.97. The van der Waals surface area contributed by atoms with Crippen molar-refractivity contribution >= 4 is 5.91 Å². The predicted molar refractivity (Wildman–Crippen MR) is 115 cm³/mol. The third-order valence-electron chi connectivity index (χ3n) is 6.16. The molecule has 0 aliphatic heterocycles. The summed E-state index contributed by atoms with van der Waals surface area (Å²) in [6, 6.07) is 7.64. The number of amides is 1. The Morgan fingerprint density at radius 1 is 1.17 bits per heavy atom. The van der Waals surface area contributed by atoms with Crippen molar-refractivity contribution < 1.29 is 9.18 Å². The number of hydrogen-bond acceptors (Lipinski definition) is 3. The molecular weight excluding hydrogens is 377 g/mol. The number of pyridine rings is 1. The van der Waals surface area contributed by atoms with Gasteiger partial charge in [0.15, 0.2) is 5.82 Å². The van der Waals surface area contributed by atoms with E-state index in [2.05, 4.69) is 22.1 Å². The maximum atomic E-state index is 13.8. The summed E-state index contributed by atoms with van der Waals surface area (Å²) in [5.74, 6) is 5.05. The second-order valence-electron chi connectivity index (χ2n) is 8.63. The van der Waals surface area contributed by atoms with Crippen LogP contribution in [0.3, 0.4) is 0 Å². The van der Waals surface area contributed by atoms with Crippen LogP contribution in [0, 0.1) is 17.7 Å². The van der Waals surface area contributed by atoms with E-state index < -0.39 is 11.7 Å². The molecule has 2 aliphatic rings. The van der Waals surface area contributed by atoms with Crippen molar-refractivity contribution in [3.63, 3.8) is 0 Å². The molecule has 0 atom stereocenters. The van der Waals surface area contributed by atoms with E-state index in [4.69, 9.17) is 5.73 Å². The number of carbonyl (C=O) groups excluding carboxylic acids is 1. The van der Waals surface area contributed by atoms with E-state index in [9.17, 15) is 9.18 Å². The molecule has 2 aromatic rings. The van der Waals surface area contributed by atoms with Gasteiger partial charge in [0.05, 0.1) is 11.8 Å². The fraction of sp³-hybridized carbons (Fsp3) is 0.440. The normalized spacial score (nSPS) is 18.2. The summed E-state index contributed by atoms with van der Waals surface area (Å²) in [6.07, 6.45) is 13.1. The molecule has 5 heteroatoms. The van der Waals surface area contributed by atoms with E-state index in [-0.39, 0.29) is 5.54 Å². The summed E-state index contributed by atoms with van der Waals surface area (Å²) in [5, 5.41) is 3.90. The summed E-state index contributed by atoms with van der Waals surface area (Å²) in [5.41, 5.74) is 8.24. The number of halogens is 1. The highest BCUT2D eigenvalue weighted by atomic mass is 19.1. The van der Waals surface area contributed by atoms with Crippen LogP contribution < -0.4 is 11.1 Å². The average Bonchev–Trinajstić information content (AvgIpc) is 3.56. The number of hydrogen-bond donors (Lipinski definition) is 2. The fourth-order valence-electron chi connectivity index (χ4n) is 4.48. The quantitative estimate of drug-likeness (QED) is 0.581. The van der Waals surface area contributed by atoms with Crippen molar-refractivity contribution in [3.8, 4) is 11.8 Å². The SMILES string of the molecule is NC(=O)c1ccc(C#Cc2ccncc2F)cc1CC1(NC2CC2)CCCCCC1. The third kappa shape index (κ3) is 5.06. The number of nitrogens with one attached hydrogen (secondary N) is 1. The number of nitrogens with two attached hydrogens (primary N) is 1. The Bertz CT molecular complexity index is 979. The summed E-state index contributed by atoms with van der Waals surface area (Å²) in [7, 11) is 0. The first kappa shape index (κ1) is 20.6. The minimum absolute atomic E-state index is 0.00509. The molecular formula is C25H28FN3O. The minimum atomic E-state index is -0.440. The van der Waals surface area contributed by atoms with E-state index >= 15 is 0 Å². The summed E-state index contributed by atoms with van der Waals surface area (Å²) >= 11 is 0. The van der Waals surface area contributed by atoms with Crippen LogP contribution in [-0.4, -0.2) is 22.5 Å². The van der Waals surface area contributed by atoms with Gasteiger partial charge in [0.25, 0.3) is 0 Å². The van der Waals surface area contributed by atoms with Gasteiger partial charge in [-0.15, -0.1) is 0 Å². The molecule has 0 saturated heterocycles. The maximum Gasteiger partial charge on any atom is 0.248 e. The van der Waals surface area contributed by atoms with Crippen molar-refractivity contribution in [2.24, 2.45) is 5.73 Å². The zero-order valence-electron chi connectivity index (χ0n) is 17.2. The standard InChI is InChI=1S/C25H28FN3O/c26-23-17-28-14-11-19(23)7-5-18-6-10-22(24(27)30)20(15-18)16-25(29-21-8-9-21)12-3-1-2-4-13-25/h6,10-11,14-15,17,21,29H,1-4,8-9,12-13,16H2,(H2,27,30). The molecule has 1 aromatic heterocycles. The van der Waals surface area contributed by atoms with Crippen molar-refractivity contribution in [2.45, 2.75) is 69.4 Å². The van der Waals surface area contributed by atoms with Crippen LogP contribution in [0.25, 0.3) is 0 Å². The van der Waals surface area contributed by atoms with Gasteiger partial charge in [-0.3, -0.25) is 9.78 Å². The molecule has 30 heavy (non-hydrogen) atoms. The Balaban J connectivity index is 1.66. The van der Waals surface area contributed by atoms with Crippen molar-refractivity contribution in [3.05, 3.63) is 64.7 Å². The van der Waals surface area contributed by atoms with Crippen LogP contribution in [0.5, 0.6) is 0 Å². The molecule has 0 spiro atoms. The fourth-order valence-corrected chi connectivity index (χ4v) is 4.48. The van der Waals surface area contributed by atoms with Gasteiger partial charge in [0.1, 0.15) is 0 Å². The lowest BCUT2D eigenvalue weighted by molar-refractivity contribution is 0.0999. The number of aromatic nitrogens is 1. The molecule has 1 heterocycles. The molecule has 1 aromatic carbocycles. The van der Waals surface area contributed by atoms with Crippen LogP contribution in [0.1, 0.15) is 78.4 Å². The number of rotatable bonds is 5. The van der Waals surface area contributed by atoms with Crippen LogP contribution in [0.2, 0.25) is 0 Å². The van der Waals surface area contributed by atoms with Crippen molar-refractivity contribution in [1.29, 1.82) is 0 Å². The first-order valence-electron chi connectivity index (χ1n) is 10.9. The van der Waals surface area contributed by atoms with Gasteiger partial charge in [-0.05, 0) is 61.9 Å². The lowest BCUT2D eigenvalue weighted by Crippen LogP contribution is -2.48. The van der Waals surface area contributed by atoms with Crippen molar-refractivity contribution in [1.82, 2.24) is 10.3 Å². The summed E-state index contributed by atoms with van der Waals surface area (Å²) < 4.78 is 13.8.